The van der Waals surface area contributed by atoms with Crippen LogP contribution in [-0.4, -0.2) is 10.9 Å². The molecule has 0 N–H and O–H groups in total. The molecule has 1 saturated carbocycles. The van der Waals surface area contributed by atoms with Gasteiger partial charge in [-0.2, -0.15) is 0 Å². The molecule has 1 atom stereocenters. The molecular weight excluding hydrogens is 240 g/mol. The summed E-state index contributed by atoms with van der Waals surface area (Å²) in [6.45, 7) is 0. The third-order valence-corrected chi connectivity index (χ3v) is 5.94. The molecule has 86 valence electrons. The van der Waals surface area contributed by atoms with Crippen LogP contribution >= 0.6 is 23.1 Å². The lowest BCUT2D eigenvalue weighted by Crippen LogP contribution is -2.27. The molecule has 1 spiro atoms. The predicted molar refractivity (Wildman–Crippen MR) is 66.6 cm³/mol. The number of hydrogen-bond donors (Lipinski definition) is 0. The minimum atomic E-state index is -0.190. The van der Waals surface area contributed by atoms with Crippen molar-refractivity contribution in [3.8, 4) is 0 Å². The Balaban J connectivity index is 1.81. The normalized spacial score (nSPS) is 28.2. The Morgan fingerprint density at radius 2 is 2.12 bits per heavy atom. The van der Waals surface area contributed by atoms with Gasteiger partial charge in [-0.25, -0.2) is 0 Å². The van der Waals surface area contributed by atoms with Crippen LogP contribution in [0.4, 0.5) is 0 Å². The first-order valence-corrected chi connectivity index (χ1v) is 7.49. The molecule has 4 heteroatoms. The van der Waals surface area contributed by atoms with Crippen molar-refractivity contribution in [2.75, 3.05) is 0 Å². The minimum Gasteiger partial charge on any atom is -0.447 e. The van der Waals surface area contributed by atoms with Crippen LogP contribution in [0, 0.1) is 0 Å². The summed E-state index contributed by atoms with van der Waals surface area (Å²) in [5, 5.41) is 1.95. The molecule has 16 heavy (non-hydrogen) atoms. The first kappa shape index (κ1) is 10.7. The van der Waals surface area contributed by atoms with E-state index in [0.717, 1.165) is 17.7 Å². The lowest BCUT2D eigenvalue weighted by atomic mass is 9.97. The lowest BCUT2D eigenvalue weighted by molar-refractivity contribution is -0.149. The maximum absolute atomic E-state index is 11.9. The monoisotopic (exact) mass is 254 g/mol. The molecule has 1 aliphatic heterocycles. The fraction of sp³-hybridized carbons (Fsp3) is 0.583. The molecule has 0 bridgehead atoms. The van der Waals surface area contributed by atoms with Crippen LogP contribution in [0.1, 0.15) is 42.2 Å². The van der Waals surface area contributed by atoms with Crippen LogP contribution in [0.5, 0.6) is 0 Å². The predicted octanol–water partition coefficient (Wildman–Crippen LogP) is 3.74. The SMILES string of the molecule is O=C1OC2(CCCCC2)SC1c1cccs1. The van der Waals surface area contributed by atoms with Crippen molar-refractivity contribution < 1.29 is 9.53 Å². The van der Waals surface area contributed by atoms with E-state index in [9.17, 15) is 4.79 Å². The zero-order valence-electron chi connectivity index (χ0n) is 8.98. The molecular formula is C12H14O2S2. The molecule has 1 aliphatic carbocycles. The van der Waals surface area contributed by atoms with Gasteiger partial charge in [0.05, 0.1) is 0 Å². The van der Waals surface area contributed by atoms with Gasteiger partial charge in [0, 0.05) is 4.88 Å². The van der Waals surface area contributed by atoms with Gasteiger partial charge in [0.1, 0.15) is 5.25 Å². The maximum Gasteiger partial charge on any atom is 0.326 e. The van der Waals surface area contributed by atoms with Crippen molar-refractivity contribution in [1.82, 2.24) is 0 Å². The van der Waals surface area contributed by atoms with E-state index < -0.39 is 0 Å². The molecule has 0 amide bonds. The molecule has 1 unspecified atom stereocenters. The smallest absolute Gasteiger partial charge is 0.326 e. The summed E-state index contributed by atoms with van der Waals surface area (Å²) in [6.07, 6.45) is 5.73. The van der Waals surface area contributed by atoms with Crippen molar-refractivity contribution in [3.05, 3.63) is 22.4 Å². The third kappa shape index (κ3) is 1.78. The second-order valence-corrected chi connectivity index (χ2v) is 6.84. The summed E-state index contributed by atoms with van der Waals surface area (Å²) in [4.78, 5) is 12.9. The average molecular weight is 254 g/mol. The second-order valence-electron chi connectivity index (χ2n) is 4.41. The molecule has 1 saturated heterocycles. The maximum atomic E-state index is 11.9. The Bertz CT molecular complexity index is 380. The van der Waals surface area contributed by atoms with Gasteiger partial charge in [0.15, 0.2) is 4.93 Å². The number of rotatable bonds is 1. The van der Waals surface area contributed by atoms with E-state index in [1.807, 2.05) is 17.5 Å². The zero-order chi connectivity index (χ0) is 11.0. The highest BCUT2D eigenvalue weighted by Crippen LogP contribution is 2.54. The van der Waals surface area contributed by atoms with Crippen LogP contribution < -0.4 is 0 Å². The van der Waals surface area contributed by atoms with Crippen LogP contribution in [-0.2, 0) is 9.53 Å². The Kier molecular flexibility index (Phi) is 2.72. The molecule has 2 nitrogen and oxygen atoms in total. The number of esters is 1. The van der Waals surface area contributed by atoms with Gasteiger partial charge in [0.2, 0.25) is 0 Å². The largest absolute Gasteiger partial charge is 0.447 e. The summed E-state index contributed by atoms with van der Waals surface area (Å²) in [7, 11) is 0. The Morgan fingerprint density at radius 1 is 1.31 bits per heavy atom. The lowest BCUT2D eigenvalue weighted by Gasteiger charge is -2.30. The highest BCUT2D eigenvalue weighted by atomic mass is 32.2. The van der Waals surface area contributed by atoms with Gasteiger partial charge in [-0.1, -0.05) is 24.2 Å². The van der Waals surface area contributed by atoms with Gasteiger partial charge in [-0.15, -0.1) is 11.3 Å². The van der Waals surface area contributed by atoms with Crippen LogP contribution in [0.2, 0.25) is 0 Å². The van der Waals surface area contributed by atoms with Crippen molar-refractivity contribution in [2.24, 2.45) is 0 Å². The van der Waals surface area contributed by atoms with E-state index in [1.165, 1.54) is 19.3 Å². The summed E-state index contributed by atoms with van der Waals surface area (Å²) in [5.41, 5.74) is 0. The van der Waals surface area contributed by atoms with Crippen molar-refractivity contribution in [2.45, 2.75) is 42.3 Å². The highest BCUT2D eigenvalue weighted by molar-refractivity contribution is 8.01. The van der Waals surface area contributed by atoms with Gasteiger partial charge >= 0.3 is 5.97 Å². The van der Waals surface area contributed by atoms with E-state index >= 15 is 0 Å². The van der Waals surface area contributed by atoms with Crippen molar-refractivity contribution >= 4 is 29.1 Å². The quantitative estimate of drug-likeness (QED) is 0.714. The van der Waals surface area contributed by atoms with E-state index in [1.54, 1.807) is 23.1 Å². The Labute approximate surface area is 103 Å². The fourth-order valence-corrected chi connectivity index (χ4v) is 4.87. The number of ether oxygens (including phenoxy) is 1. The van der Waals surface area contributed by atoms with E-state index in [0.29, 0.717) is 0 Å². The zero-order valence-corrected chi connectivity index (χ0v) is 10.6. The number of thiophene rings is 1. The first-order chi connectivity index (χ1) is 7.79. The molecule has 2 aliphatic rings. The minimum absolute atomic E-state index is 0.0330. The van der Waals surface area contributed by atoms with Crippen LogP contribution in [0.3, 0.4) is 0 Å². The summed E-state index contributed by atoms with van der Waals surface area (Å²) >= 11 is 3.39. The molecule has 3 rings (SSSR count). The average Bonchev–Trinajstić information content (AvgIpc) is 2.88. The molecule has 1 aromatic heterocycles. The van der Waals surface area contributed by atoms with Gasteiger partial charge < -0.3 is 4.74 Å². The highest BCUT2D eigenvalue weighted by Gasteiger charge is 2.48. The summed E-state index contributed by atoms with van der Waals surface area (Å²) in [5.74, 6) is -0.0330. The molecule has 0 radical (unpaired) electrons. The number of thioether (sulfide) groups is 1. The molecule has 2 heterocycles. The first-order valence-electron chi connectivity index (χ1n) is 5.73. The Hall–Kier alpha value is -0.480. The molecule has 2 fully saturated rings. The number of carbonyl (C=O) groups is 1. The van der Waals surface area contributed by atoms with Crippen LogP contribution in [0.15, 0.2) is 17.5 Å². The number of hydrogen-bond acceptors (Lipinski definition) is 4. The second kappa shape index (κ2) is 4.08. The standard InChI is InChI=1S/C12H14O2S2/c13-11-10(9-5-4-8-15-9)16-12(14-11)6-2-1-3-7-12/h4-5,8,10H,1-3,6-7H2. The molecule has 1 aromatic rings. The summed E-state index contributed by atoms with van der Waals surface area (Å²) in [6, 6.07) is 4.03. The Morgan fingerprint density at radius 3 is 2.81 bits per heavy atom. The number of carbonyl (C=O) groups excluding carboxylic acids is 1. The van der Waals surface area contributed by atoms with Crippen LogP contribution in [0.25, 0.3) is 0 Å². The van der Waals surface area contributed by atoms with E-state index in [2.05, 4.69) is 0 Å². The van der Waals surface area contributed by atoms with Gasteiger partial charge in [-0.3, -0.25) is 4.79 Å². The molecule has 0 aromatic carbocycles. The topological polar surface area (TPSA) is 26.3 Å². The summed E-state index contributed by atoms with van der Waals surface area (Å²) < 4.78 is 5.66. The van der Waals surface area contributed by atoms with E-state index in [4.69, 9.17) is 4.74 Å². The van der Waals surface area contributed by atoms with Gasteiger partial charge in [0.25, 0.3) is 0 Å². The van der Waals surface area contributed by atoms with Crippen molar-refractivity contribution in [1.29, 1.82) is 0 Å². The fourth-order valence-electron chi connectivity index (χ4n) is 2.45. The third-order valence-electron chi connectivity index (χ3n) is 3.25. The van der Waals surface area contributed by atoms with E-state index in [-0.39, 0.29) is 16.2 Å². The van der Waals surface area contributed by atoms with Gasteiger partial charge in [-0.05, 0) is 37.1 Å². The van der Waals surface area contributed by atoms with Crippen molar-refractivity contribution in [3.63, 3.8) is 0 Å².